The van der Waals surface area contributed by atoms with Crippen molar-refractivity contribution in [2.75, 3.05) is 13.1 Å². The van der Waals surface area contributed by atoms with Gasteiger partial charge in [0.2, 0.25) is 5.91 Å². The van der Waals surface area contributed by atoms with Crippen molar-refractivity contribution in [1.29, 1.82) is 0 Å². The summed E-state index contributed by atoms with van der Waals surface area (Å²) < 4.78 is 0. The van der Waals surface area contributed by atoms with E-state index in [1.165, 1.54) is 6.42 Å². The lowest BCUT2D eigenvalue weighted by atomic mass is 10.1. The van der Waals surface area contributed by atoms with Crippen molar-refractivity contribution < 1.29 is 4.79 Å². The molecular weight excluding hydrogens is 174 g/mol. The maximum atomic E-state index is 11.8. The van der Waals surface area contributed by atoms with Crippen molar-refractivity contribution >= 4 is 5.91 Å². The summed E-state index contributed by atoms with van der Waals surface area (Å²) in [5.41, 5.74) is 0.497. The van der Waals surface area contributed by atoms with Crippen LogP contribution in [0.1, 0.15) is 40.0 Å². The maximum absolute atomic E-state index is 11.8. The zero-order valence-corrected chi connectivity index (χ0v) is 9.55. The highest BCUT2D eigenvalue weighted by Crippen LogP contribution is 2.52. The molecule has 0 heterocycles. The summed E-state index contributed by atoms with van der Waals surface area (Å²) in [6.45, 7) is 8.58. The van der Waals surface area contributed by atoms with Crippen LogP contribution >= 0.6 is 0 Å². The van der Waals surface area contributed by atoms with Crippen molar-refractivity contribution in [2.24, 2.45) is 17.3 Å². The molecule has 0 aromatic heterocycles. The van der Waals surface area contributed by atoms with Crippen LogP contribution in [0, 0.1) is 17.3 Å². The summed E-state index contributed by atoms with van der Waals surface area (Å²) in [7, 11) is 0. The van der Waals surface area contributed by atoms with Gasteiger partial charge < -0.3 is 4.90 Å². The monoisotopic (exact) mass is 195 g/mol. The minimum atomic E-state index is 0.386. The van der Waals surface area contributed by atoms with E-state index in [-0.39, 0.29) is 0 Å². The number of nitrogens with zero attached hydrogens (tertiary/aromatic N) is 1. The van der Waals surface area contributed by atoms with Crippen LogP contribution in [0.5, 0.6) is 0 Å². The van der Waals surface area contributed by atoms with E-state index >= 15 is 0 Å². The molecule has 0 radical (unpaired) electrons. The van der Waals surface area contributed by atoms with Gasteiger partial charge in [-0.05, 0) is 37.5 Å². The average molecular weight is 195 g/mol. The molecule has 0 aliphatic heterocycles. The molecule has 2 nitrogen and oxygen atoms in total. The second-order valence-corrected chi connectivity index (χ2v) is 5.54. The Morgan fingerprint density at radius 1 is 1.43 bits per heavy atom. The highest BCUT2D eigenvalue weighted by molar-refractivity contribution is 5.81. The Hall–Kier alpha value is -0.530. The highest BCUT2D eigenvalue weighted by atomic mass is 16.2. The normalized spacial score (nSPS) is 28.6. The minimum Gasteiger partial charge on any atom is -0.342 e. The molecule has 2 fully saturated rings. The lowest BCUT2D eigenvalue weighted by molar-refractivity contribution is -0.132. The first-order valence-corrected chi connectivity index (χ1v) is 5.83. The fourth-order valence-electron chi connectivity index (χ4n) is 2.12. The van der Waals surface area contributed by atoms with Gasteiger partial charge in [0.05, 0.1) is 0 Å². The summed E-state index contributed by atoms with van der Waals surface area (Å²) in [6.07, 6.45) is 3.55. The van der Waals surface area contributed by atoms with Crippen LogP contribution in [0.4, 0.5) is 0 Å². The Morgan fingerprint density at radius 2 is 2.00 bits per heavy atom. The van der Waals surface area contributed by atoms with Crippen LogP contribution in [0.15, 0.2) is 0 Å². The second-order valence-electron chi connectivity index (χ2n) is 5.54. The van der Waals surface area contributed by atoms with E-state index in [0.29, 0.717) is 17.2 Å². The van der Waals surface area contributed by atoms with Crippen molar-refractivity contribution in [3.8, 4) is 0 Å². The first-order valence-electron chi connectivity index (χ1n) is 5.83. The van der Waals surface area contributed by atoms with E-state index in [2.05, 4.69) is 25.7 Å². The third-order valence-electron chi connectivity index (χ3n) is 3.78. The molecule has 0 bridgehead atoms. The van der Waals surface area contributed by atoms with Crippen LogP contribution in [0.25, 0.3) is 0 Å². The van der Waals surface area contributed by atoms with Crippen molar-refractivity contribution in [3.63, 3.8) is 0 Å². The lowest BCUT2D eigenvalue weighted by Gasteiger charge is -2.21. The molecular formula is C12H21NO. The number of carbonyl (C=O) groups is 1. The zero-order chi connectivity index (χ0) is 10.3. The molecule has 2 rings (SSSR count). The van der Waals surface area contributed by atoms with Gasteiger partial charge >= 0.3 is 0 Å². The molecule has 2 heteroatoms. The number of carbonyl (C=O) groups excluding carboxylic acids is 1. The van der Waals surface area contributed by atoms with E-state index in [1.807, 2.05) is 0 Å². The Labute approximate surface area is 86.7 Å². The number of amides is 1. The topological polar surface area (TPSA) is 20.3 Å². The molecule has 1 atom stereocenters. The van der Waals surface area contributed by atoms with E-state index in [4.69, 9.17) is 0 Å². The third-order valence-corrected chi connectivity index (χ3v) is 3.78. The molecule has 0 N–H and O–H groups in total. The minimum absolute atomic E-state index is 0.386. The standard InChI is InChI=1S/C12H21NO/c1-4-13(11(14)9-5-6-9)8-10-7-12(10,2)3/h9-10H,4-8H2,1-3H3. The molecule has 2 aliphatic rings. The Kier molecular flexibility index (Phi) is 2.32. The molecule has 0 aromatic rings. The number of hydrogen-bond acceptors (Lipinski definition) is 1. The molecule has 2 aliphatic carbocycles. The van der Waals surface area contributed by atoms with Gasteiger partial charge in [-0.1, -0.05) is 13.8 Å². The van der Waals surface area contributed by atoms with Gasteiger partial charge in [-0.15, -0.1) is 0 Å². The quantitative estimate of drug-likeness (QED) is 0.674. The van der Waals surface area contributed by atoms with Gasteiger partial charge in [0.1, 0.15) is 0 Å². The highest BCUT2D eigenvalue weighted by Gasteiger charge is 2.47. The van der Waals surface area contributed by atoms with Gasteiger partial charge in [0, 0.05) is 19.0 Å². The molecule has 1 amide bonds. The molecule has 0 aromatic carbocycles. The second kappa shape index (κ2) is 3.25. The smallest absolute Gasteiger partial charge is 0.225 e. The predicted molar refractivity (Wildman–Crippen MR) is 56.9 cm³/mol. The number of rotatable bonds is 4. The predicted octanol–water partition coefficient (Wildman–Crippen LogP) is 2.29. The van der Waals surface area contributed by atoms with Crippen LogP contribution in [-0.2, 0) is 4.79 Å². The van der Waals surface area contributed by atoms with E-state index in [1.54, 1.807) is 0 Å². The third kappa shape index (κ3) is 1.94. The first kappa shape index (κ1) is 10.0. The fraction of sp³-hybridized carbons (Fsp3) is 0.917. The summed E-state index contributed by atoms with van der Waals surface area (Å²) in [5, 5.41) is 0. The molecule has 2 saturated carbocycles. The van der Waals surface area contributed by atoms with Gasteiger partial charge in [-0.2, -0.15) is 0 Å². The summed E-state index contributed by atoms with van der Waals surface area (Å²) in [4.78, 5) is 13.9. The Bertz CT molecular complexity index is 243. The SMILES string of the molecule is CCN(CC1CC1(C)C)C(=O)C1CC1. The van der Waals surface area contributed by atoms with Gasteiger partial charge in [-0.3, -0.25) is 4.79 Å². The van der Waals surface area contributed by atoms with Crippen LogP contribution < -0.4 is 0 Å². The lowest BCUT2D eigenvalue weighted by Crippen LogP contribution is -2.34. The largest absolute Gasteiger partial charge is 0.342 e. The van der Waals surface area contributed by atoms with Crippen LogP contribution in [-0.4, -0.2) is 23.9 Å². The molecule has 14 heavy (non-hydrogen) atoms. The fourth-order valence-corrected chi connectivity index (χ4v) is 2.12. The molecule has 80 valence electrons. The van der Waals surface area contributed by atoms with Crippen molar-refractivity contribution in [3.05, 3.63) is 0 Å². The average Bonchev–Trinajstić information content (AvgIpc) is 2.98. The molecule has 1 unspecified atom stereocenters. The van der Waals surface area contributed by atoms with Crippen molar-refractivity contribution in [2.45, 2.75) is 40.0 Å². The van der Waals surface area contributed by atoms with Crippen LogP contribution in [0.3, 0.4) is 0 Å². The first-order chi connectivity index (χ1) is 6.54. The number of hydrogen-bond donors (Lipinski definition) is 0. The summed E-state index contributed by atoms with van der Waals surface area (Å²) >= 11 is 0. The van der Waals surface area contributed by atoms with Gasteiger partial charge in [0.15, 0.2) is 0 Å². The Morgan fingerprint density at radius 3 is 2.36 bits per heavy atom. The van der Waals surface area contributed by atoms with E-state index in [9.17, 15) is 4.79 Å². The van der Waals surface area contributed by atoms with E-state index < -0.39 is 0 Å². The van der Waals surface area contributed by atoms with Gasteiger partial charge in [-0.25, -0.2) is 0 Å². The summed E-state index contributed by atoms with van der Waals surface area (Å²) in [6, 6.07) is 0. The molecule has 0 saturated heterocycles. The Balaban J connectivity index is 1.84. The molecule has 0 spiro atoms. The maximum Gasteiger partial charge on any atom is 0.225 e. The zero-order valence-electron chi connectivity index (χ0n) is 9.55. The van der Waals surface area contributed by atoms with Gasteiger partial charge in [0.25, 0.3) is 0 Å². The van der Waals surface area contributed by atoms with Crippen LogP contribution in [0.2, 0.25) is 0 Å². The summed E-state index contributed by atoms with van der Waals surface area (Å²) in [5.74, 6) is 1.55. The van der Waals surface area contributed by atoms with Crippen molar-refractivity contribution in [1.82, 2.24) is 4.90 Å². The van der Waals surface area contributed by atoms with E-state index in [0.717, 1.165) is 31.8 Å².